The van der Waals surface area contributed by atoms with Crippen molar-refractivity contribution in [3.8, 4) is 0 Å². The molecule has 0 fully saturated rings. The number of nitrogens with one attached hydrogen (secondary N) is 1. The van der Waals surface area contributed by atoms with Crippen LogP contribution in [0.2, 0.25) is 5.02 Å². The lowest BCUT2D eigenvalue weighted by molar-refractivity contribution is -0.115. The molecule has 4 heteroatoms. The fraction of sp³-hybridized carbons (Fsp3) is 0.188. The van der Waals surface area contributed by atoms with Crippen LogP contribution in [0, 0.1) is 6.92 Å². The number of amides is 1. The largest absolute Gasteiger partial charge is 0.324 e. The van der Waals surface area contributed by atoms with Crippen molar-refractivity contribution in [2.45, 2.75) is 18.6 Å². The van der Waals surface area contributed by atoms with Crippen LogP contribution in [0.1, 0.15) is 11.1 Å². The third kappa shape index (κ3) is 4.02. The van der Waals surface area contributed by atoms with E-state index in [0.717, 1.165) is 11.1 Å². The molecule has 0 aromatic heterocycles. The van der Waals surface area contributed by atoms with E-state index < -0.39 is 5.25 Å². The summed E-state index contributed by atoms with van der Waals surface area (Å²) in [6, 6.07) is 15.3. The molecule has 0 saturated heterocycles. The van der Waals surface area contributed by atoms with Crippen molar-refractivity contribution in [1.82, 2.24) is 0 Å². The van der Waals surface area contributed by atoms with Gasteiger partial charge in [-0.05, 0) is 36.6 Å². The number of aryl methyl sites for hydroxylation is 1. The van der Waals surface area contributed by atoms with Crippen LogP contribution >= 0.6 is 24.2 Å². The standard InChI is InChI=1S/C16H16ClNOS/c1-11-7-8-13(17)14(9-11)18-16(19)15(20)10-12-5-3-2-4-6-12/h2-9,15,20H,10H2,1H3,(H,18,19). The molecule has 104 valence electrons. The highest BCUT2D eigenvalue weighted by Gasteiger charge is 2.15. The molecule has 2 rings (SSSR count). The van der Waals surface area contributed by atoms with Gasteiger partial charge in [0.15, 0.2) is 0 Å². The molecule has 0 aliphatic rings. The number of anilines is 1. The van der Waals surface area contributed by atoms with Crippen molar-refractivity contribution in [2.24, 2.45) is 0 Å². The van der Waals surface area contributed by atoms with Gasteiger partial charge in [0.05, 0.1) is 16.0 Å². The van der Waals surface area contributed by atoms with Gasteiger partial charge in [-0.2, -0.15) is 12.6 Å². The molecule has 0 aliphatic heterocycles. The molecule has 2 aromatic rings. The van der Waals surface area contributed by atoms with Crippen LogP contribution in [-0.4, -0.2) is 11.2 Å². The van der Waals surface area contributed by atoms with Crippen LogP contribution in [0.5, 0.6) is 0 Å². The normalized spacial score (nSPS) is 11.9. The van der Waals surface area contributed by atoms with Crippen molar-refractivity contribution in [2.75, 3.05) is 5.32 Å². The SMILES string of the molecule is Cc1ccc(Cl)c(NC(=O)C(S)Cc2ccccc2)c1. The van der Waals surface area contributed by atoms with E-state index in [1.807, 2.05) is 49.4 Å². The maximum atomic E-state index is 12.1. The first-order valence-electron chi connectivity index (χ1n) is 6.35. The van der Waals surface area contributed by atoms with Crippen molar-refractivity contribution in [1.29, 1.82) is 0 Å². The Balaban J connectivity index is 2.02. The molecule has 0 heterocycles. The summed E-state index contributed by atoms with van der Waals surface area (Å²) in [6.45, 7) is 1.95. The Morgan fingerprint density at radius 3 is 2.65 bits per heavy atom. The second-order valence-electron chi connectivity index (χ2n) is 4.68. The smallest absolute Gasteiger partial charge is 0.237 e. The van der Waals surface area contributed by atoms with Crippen molar-refractivity contribution >= 4 is 35.8 Å². The van der Waals surface area contributed by atoms with Gasteiger partial charge in [-0.15, -0.1) is 0 Å². The third-order valence-corrected chi connectivity index (χ3v) is 3.70. The molecule has 1 unspecified atom stereocenters. The van der Waals surface area contributed by atoms with E-state index in [1.165, 1.54) is 0 Å². The van der Waals surface area contributed by atoms with Gasteiger partial charge in [0, 0.05) is 0 Å². The van der Waals surface area contributed by atoms with Crippen LogP contribution in [0.25, 0.3) is 0 Å². The zero-order valence-corrected chi connectivity index (χ0v) is 12.8. The maximum absolute atomic E-state index is 12.1. The van der Waals surface area contributed by atoms with Gasteiger partial charge in [-0.25, -0.2) is 0 Å². The monoisotopic (exact) mass is 305 g/mol. The van der Waals surface area contributed by atoms with Crippen LogP contribution < -0.4 is 5.32 Å². The Bertz CT molecular complexity index is 601. The maximum Gasteiger partial charge on any atom is 0.237 e. The highest BCUT2D eigenvalue weighted by Crippen LogP contribution is 2.23. The number of halogens is 1. The summed E-state index contributed by atoms with van der Waals surface area (Å²) in [5, 5.41) is 2.95. The number of carbonyl (C=O) groups excluding carboxylic acids is 1. The first-order valence-corrected chi connectivity index (χ1v) is 7.24. The quantitative estimate of drug-likeness (QED) is 0.817. The van der Waals surface area contributed by atoms with Crippen LogP contribution in [0.3, 0.4) is 0 Å². The highest BCUT2D eigenvalue weighted by atomic mass is 35.5. The molecule has 2 aromatic carbocycles. The van der Waals surface area contributed by atoms with Crippen LogP contribution in [0.15, 0.2) is 48.5 Å². The van der Waals surface area contributed by atoms with Gasteiger partial charge in [-0.3, -0.25) is 4.79 Å². The minimum atomic E-state index is -0.408. The molecular weight excluding hydrogens is 290 g/mol. The summed E-state index contributed by atoms with van der Waals surface area (Å²) in [7, 11) is 0. The molecule has 0 bridgehead atoms. The van der Waals surface area contributed by atoms with Crippen molar-refractivity contribution in [3.05, 3.63) is 64.7 Å². The number of carbonyl (C=O) groups is 1. The van der Waals surface area contributed by atoms with Gasteiger partial charge in [0.1, 0.15) is 0 Å². The predicted octanol–water partition coefficient (Wildman–Crippen LogP) is 4.13. The number of benzene rings is 2. The second kappa shape index (κ2) is 6.82. The number of rotatable bonds is 4. The van der Waals surface area contributed by atoms with Gasteiger partial charge in [-0.1, -0.05) is 48.0 Å². The number of hydrogen-bond acceptors (Lipinski definition) is 2. The third-order valence-electron chi connectivity index (χ3n) is 2.95. The fourth-order valence-electron chi connectivity index (χ4n) is 1.88. The summed E-state index contributed by atoms with van der Waals surface area (Å²) in [5.41, 5.74) is 2.75. The molecule has 2 nitrogen and oxygen atoms in total. The Morgan fingerprint density at radius 2 is 1.95 bits per heavy atom. The average Bonchev–Trinajstić information content (AvgIpc) is 2.44. The van der Waals surface area contributed by atoms with E-state index >= 15 is 0 Å². The average molecular weight is 306 g/mol. The lowest BCUT2D eigenvalue weighted by Crippen LogP contribution is -2.25. The second-order valence-corrected chi connectivity index (χ2v) is 5.71. The molecule has 1 N–H and O–H groups in total. The van der Waals surface area contributed by atoms with E-state index in [2.05, 4.69) is 17.9 Å². The predicted molar refractivity (Wildman–Crippen MR) is 87.7 cm³/mol. The molecule has 20 heavy (non-hydrogen) atoms. The minimum absolute atomic E-state index is 0.148. The van der Waals surface area contributed by atoms with Gasteiger partial charge >= 0.3 is 0 Å². The lowest BCUT2D eigenvalue weighted by Gasteiger charge is -2.13. The summed E-state index contributed by atoms with van der Waals surface area (Å²) < 4.78 is 0. The fourth-order valence-corrected chi connectivity index (χ4v) is 2.32. The number of hydrogen-bond donors (Lipinski definition) is 2. The molecule has 0 spiro atoms. The Morgan fingerprint density at radius 1 is 1.25 bits per heavy atom. The first kappa shape index (κ1) is 14.9. The van der Waals surface area contributed by atoms with Gasteiger partial charge in [0.25, 0.3) is 0 Å². The summed E-state index contributed by atoms with van der Waals surface area (Å²) in [4.78, 5) is 12.1. The Labute approximate surface area is 129 Å². The summed E-state index contributed by atoms with van der Waals surface area (Å²) >= 11 is 10.4. The van der Waals surface area contributed by atoms with E-state index in [1.54, 1.807) is 6.07 Å². The molecule has 0 saturated carbocycles. The van der Waals surface area contributed by atoms with E-state index in [4.69, 9.17) is 11.6 Å². The molecule has 1 amide bonds. The molecule has 1 atom stereocenters. The van der Waals surface area contributed by atoms with Crippen molar-refractivity contribution in [3.63, 3.8) is 0 Å². The number of thiol groups is 1. The lowest BCUT2D eigenvalue weighted by atomic mass is 10.1. The highest BCUT2D eigenvalue weighted by molar-refractivity contribution is 7.81. The minimum Gasteiger partial charge on any atom is -0.324 e. The molecular formula is C16H16ClNOS. The van der Waals surface area contributed by atoms with Gasteiger partial charge < -0.3 is 5.32 Å². The molecule has 0 aliphatic carbocycles. The van der Waals surface area contributed by atoms with E-state index in [9.17, 15) is 4.79 Å². The van der Waals surface area contributed by atoms with E-state index in [0.29, 0.717) is 17.1 Å². The molecule has 0 radical (unpaired) electrons. The zero-order valence-electron chi connectivity index (χ0n) is 11.1. The summed E-state index contributed by atoms with van der Waals surface area (Å²) in [6.07, 6.45) is 0.583. The van der Waals surface area contributed by atoms with E-state index in [-0.39, 0.29) is 5.91 Å². The Kier molecular flexibility index (Phi) is 5.10. The first-order chi connectivity index (χ1) is 9.56. The zero-order chi connectivity index (χ0) is 14.5. The Hall–Kier alpha value is -1.45. The van der Waals surface area contributed by atoms with Crippen LogP contribution in [0.4, 0.5) is 5.69 Å². The van der Waals surface area contributed by atoms with Gasteiger partial charge in [0.2, 0.25) is 5.91 Å². The van der Waals surface area contributed by atoms with Crippen LogP contribution in [-0.2, 0) is 11.2 Å². The topological polar surface area (TPSA) is 29.1 Å². The van der Waals surface area contributed by atoms with Crippen molar-refractivity contribution < 1.29 is 4.79 Å². The summed E-state index contributed by atoms with van der Waals surface area (Å²) in [5.74, 6) is -0.148.